The van der Waals surface area contributed by atoms with E-state index in [4.69, 9.17) is 4.74 Å². The molecule has 2 rings (SSSR count). The van der Waals surface area contributed by atoms with Crippen LogP contribution in [-0.2, 0) is 11.2 Å². The zero-order chi connectivity index (χ0) is 10.5. The summed E-state index contributed by atoms with van der Waals surface area (Å²) in [4.78, 5) is 0. The number of benzene rings is 1. The zero-order valence-electron chi connectivity index (χ0n) is 9.06. The average Bonchev–Trinajstić information content (AvgIpc) is 2.99. The number of rotatable bonds is 6. The van der Waals surface area contributed by atoms with Gasteiger partial charge in [0.2, 0.25) is 0 Å². The van der Waals surface area contributed by atoms with E-state index in [1.807, 2.05) is 6.08 Å². The first-order valence-electron chi connectivity index (χ1n) is 5.70. The second-order valence-electron chi connectivity index (χ2n) is 4.12. The molecule has 0 unspecified atom stereocenters. The van der Waals surface area contributed by atoms with E-state index in [2.05, 4.69) is 36.9 Å². The number of hydrogen-bond acceptors (Lipinski definition) is 1. The van der Waals surface area contributed by atoms with Crippen molar-refractivity contribution in [3.63, 3.8) is 0 Å². The summed E-state index contributed by atoms with van der Waals surface area (Å²) in [7, 11) is 0. The molecule has 1 aromatic rings. The van der Waals surface area contributed by atoms with E-state index in [0.717, 1.165) is 6.42 Å². The largest absolute Gasteiger partial charge is 0.369 e. The zero-order valence-corrected chi connectivity index (χ0v) is 9.06. The van der Waals surface area contributed by atoms with Crippen LogP contribution in [0.2, 0.25) is 0 Å². The molecule has 0 spiro atoms. The lowest BCUT2D eigenvalue weighted by Crippen LogP contribution is -1.94. The van der Waals surface area contributed by atoms with Crippen molar-refractivity contribution in [2.75, 3.05) is 0 Å². The van der Waals surface area contributed by atoms with Gasteiger partial charge in [0.1, 0.15) is 0 Å². The highest BCUT2D eigenvalue weighted by Crippen LogP contribution is 2.29. The normalized spacial score (nSPS) is 23.7. The van der Waals surface area contributed by atoms with Crippen molar-refractivity contribution >= 4 is 0 Å². The van der Waals surface area contributed by atoms with Crippen LogP contribution in [0.3, 0.4) is 0 Å². The maximum atomic E-state index is 5.52. The van der Waals surface area contributed by atoms with E-state index < -0.39 is 0 Å². The smallest absolute Gasteiger partial charge is 0.0876 e. The predicted molar refractivity (Wildman–Crippen MR) is 62.9 cm³/mol. The molecule has 0 amide bonds. The summed E-state index contributed by atoms with van der Waals surface area (Å²) in [6, 6.07) is 10.6. The van der Waals surface area contributed by atoms with Crippen LogP contribution in [0.25, 0.3) is 0 Å². The van der Waals surface area contributed by atoms with Crippen molar-refractivity contribution in [2.45, 2.75) is 37.9 Å². The van der Waals surface area contributed by atoms with Crippen LogP contribution in [0, 0.1) is 0 Å². The van der Waals surface area contributed by atoms with Gasteiger partial charge in [-0.15, -0.1) is 6.58 Å². The molecule has 1 nitrogen and oxygen atoms in total. The first kappa shape index (κ1) is 10.4. The van der Waals surface area contributed by atoms with Crippen molar-refractivity contribution < 1.29 is 4.74 Å². The summed E-state index contributed by atoms with van der Waals surface area (Å²) in [6.07, 6.45) is 7.51. The number of aryl methyl sites for hydroxylation is 1. The number of ether oxygens (including phenoxy) is 1. The maximum absolute atomic E-state index is 5.52. The molecule has 0 radical (unpaired) electrons. The van der Waals surface area contributed by atoms with Crippen LogP contribution in [-0.4, -0.2) is 12.2 Å². The van der Waals surface area contributed by atoms with Crippen LogP contribution >= 0.6 is 0 Å². The van der Waals surface area contributed by atoms with Crippen molar-refractivity contribution in [1.82, 2.24) is 0 Å². The molecule has 1 aliphatic heterocycles. The van der Waals surface area contributed by atoms with Gasteiger partial charge in [-0.2, -0.15) is 0 Å². The van der Waals surface area contributed by atoms with E-state index in [9.17, 15) is 0 Å². The molecule has 1 heterocycles. The fourth-order valence-corrected chi connectivity index (χ4v) is 1.96. The van der Waals surface area contributed by atoms with Crippen molar-refractivity contribution in [3.05, 3.63) is 48.6 Å². The fourth-order valence-electron chi connectivity index (χ4n) is 1.96. The van der Waals surface area contributed by atoms with Crippen LogP contribution in [0.15, 0.2) is 43.0 Å². The fraction of sp³-hybridized carbons (Fsp3) is 0.429. The Morgan fingerprint density at radius 1 is 1.20 bits per heavy atom. The lowest BCUT2D eigenvalue weighted by molar-refractivity contribution is 0.360. The van der Waals surface area contributed by atoms with E-state index >= 15 is 0 Å². The molecule has 0 aliphatic carbocycles. The summed E-state index contributed by atoms with van der Waals surface area (Å²) in [5.74, 6) is 0. The van der Waals surface area contributed by atoms with Gasteiger partial charge in [0.05, 0.1) is 12.2 Å². The standard InChI is InChI=1S/C14H18O/c1-2-7-13-14(15-13)11-6-10-12-8-4-3-5-9-12/h2-5,8-9,13-14H,1,6-7,10-11H2/t13-,14+/m1/s1. The van der Waals surface area contributed by atoms with Crippen molar-refractivity contribution in [3.8, 4) is 0 Å². The molecular weight excluding hydrogens is 184 g/mol. The summed E-state index contributed by atoms with van der Waals surface area (Å²) in [5, 5.41) is 0. The summed E-state index contributed by atoms with van der Waals surface area (Å²) >= 11 is 0. The Kier molecular flexibility index (Phi) is 3.57. The van der Waals surface area contributed by atoms with E-state index in [1.54, 1.807) is 0 Å². The maximum Gasteiger partial charge on any atom is 0.0876 e. The van der Waals surface area contributed by atoms with E-state index in [-0.39, 0.29) is 0 Å². The minimum Gasteiger partial charge on any atom is -0.369 e. The highest BCUT2D eigenvalue weighted by molar-refractivity contribution is 5.14. The molecule has 1 aliphatic rings. The van der Waals surface area contributed by atoms with Gasteiger partial charge in [0.25, 0.3) is 0 Å². The lowest BCUT2D eigenvalue weighted by atomic mass is 10.1. The molecule has 0 saturated carbocycles. The van der Waals surface area contributed by atoms with Gasteiger partial charge in [-0.25, -0.2) is 0 Å². The van der Waals surface area contributed by atoms with Crippen LogP contribution < -0.4 is 0 Å². The third kappa shape index (κ3) is 3.21. The van der Waals surface area contributed by atoms with Crippen LogP contribution in [0.1, 0.15) is 24.8 Å². The second kappa shape index (κ2) is 5.13. The number of hydrogen-bond donors (Lipinski definition) is 0. The van der Waals surface area contributed by atoms with Gasteiger partial charge in [-0.05, 0) is 31.2 Å². The highest BCUT2D eigenvalue weighted by atomic mass is 16.6. The predicted octanol–water partition coefficient (Wildman–Crippen LogP) is 3.35. The Morgan fingerprint density at radius 2 is 2.00 bits per heavy atom. The molecule has 0 N–H and O–H groups in total. The quantitative estimate of drug-likeness (QED) is 0.509. The number of epoxide rings is 1. The second-order valence-corrected chi connectivity index (χ2v) is 4.12. The Hall–Kier alpha value is -1.08. The lowest BCUT2D eigenvalue weighted by Gasteiger charge is -1.98. The molecule has 0 aromatic heterocycles. The third-order valence-electron chi connectivity index (χ3n) is 2.88. The summed E-state index contributed by atoms with van der Waals surface area (Å²) in [5.41, 5.74) is 1.43. The molecule has 1 heteroatoms. The van der Waals surface area contributed by atoms with Gasteiger partial charge in [-0.1, -0.05) is 36.4 Å². The molecular formula is C14H18O. The Bertz CT molecular complexity index is 304. The SMILES string of the molecule is C=CC[C@H]1O[C@H]1CCCc1ccccc1. The van der Waals surface area contributed by atoms with Gasteiger partial charge in [-0.3, -0.25) is 0 Å². The monoisotopic (exact) mass is 202 g/mol. The van der Waals surface area contributed by atoms with Gasteiger partial charge < -0.3 is 4.74 Å². The Balaban J connectivity index is 1.62. The molecule has 15 heavy (non-hydrogen) atoms. The van der Waals surface area contributed by atoms with E-state index in [1.165, 1.54) is 24.8 Å². The summed E-state index contributed by atoms with van der Waals surface area (Å²) < 4.78 is 5.52. The molecule has 2 atom stereocenters. The van der Waals surface area contributed by atoms with Crippen molar-refractivity contribution in [1.29, 1.82) is 0 Å². The first-order valence-corrected chi connectivity index (χ1v) is 5.70. The van der Waals surface area contributed by atoms with Gasteiger partial charge in [0, 0.05) is 0 Å². The molecule has 1 aromatic carbocycles. The van der Waals surface area contributed by atoms with Crippen molar-refractivity contribution in [2.24, 2.45) is 0 Å². The van der Waals surface area contributed by atoms with Crippen LogP contribution in [0.4, 0.5) is 0 Å². The minimum atomic E-state index is 0.471. The molecule has 1 fully saturated rings. The summed E-state index contributed by atoms with van der Waals surface area (Å²) in [6.45, 7) is 3.72. The van der Waals surface area contributed by atoms with Gasteiger partial charge in [0.15, 0.2) is 0 Å². The first-order chi connectivity index (χ1) is 7.40. The molecule has 0 bridgehead atoms. The average molecular weight is 202 g/mol. The molecule has 80 valence electrons. The third-order valence-corrected chi connectivity index (χ3v) is 2.88. The topological polar surface area (TPSA) is 12.5 Å². The Labute approximate surface area is 91.8 Å². The molecule has 1 saturated heterocycles. The minimum absolute atomic E-state index is 0.471. The highest BCUT2D eigenvalue weighted by Gasteiger charge is 2.36. The van der Waals surface area contributed by atoms with E-state index in [0.29, 0.717) is 12.2 Å². The Morgan fingerprint density at radius 3 is 2.73 bits per heavy atom. The van der Waals surface area contributed by atoms with Crippen LogP contribution in [0.5, 0.6) is 0 Å². The van der Waals surface area contributed by atoms with Gasteiger partial charge >= 0.3 is 0 Å².